The smallest absolute Gasteiger partial charge is 0.283 e. The van der Waals surface area contributed by atoms with E-state index < -0.39 is 27.0 Å². The van der Waals surface area contributed by atoms with Crippen molar-refractivity contribution in [1.82, 2.24) is 14.3 Å². The number of halogens is 1. The predicted molar refractivity (Wildman–Crippen MR) is 139 cm³/mol. The van der Waals surface area contributed by atoms with Gasteiger partial charge in [-0.2, -0.15) is 8.42 Å². The molecule has 4 rings (SSSR count). The van der Waals surface area contributed by atoms with Gasteiger partial charge in [0.1, 0.15) is 16.5 Å². The number of hydrogen-bond acceptors (Lipinski definition) is 7. The first-order valence-electron chi connectivity index (χ1n) is 11.0. The molecule has 0 aliphatic carbocycles. The largest absolute Gasteiger partial charge is 0.455 e. The van der Waals surface area contributed by atoms with Crippen LogP contribution in [0.2, 0.25) is 5.15 Å². The third-order valence-electron chi connectivity index (χ3n) is 5.68. The molecule has 9 nitrogen and oxygen atoms in total. The lowest BCUT2D eigenvalue weighted by Gasteiger charge is -2.20. The van der Waals surface area contributed by atoms with Crippen molar-refractivity contribution in [3.05, 3.63) is 74.8 Å². The Balaban J connectivity index is 1.86. The SMILES string of the molecule is CC(=O)NS(=O)(=O)c1nc(Cl)ccc1N[C@H](C)c1cc(C)cc2c(=O)c(C)c(-c3ccn(C)c3)oc12. The van der Waals surface area contributed by atoms with Gasteiger partial charge in [0.2, 0.25) is 10.9 Å². The fraction of sp³-hybridized carbons (Fsp3) is 0.240. The van der Waals surface area contributed by atoms with Gasteiger partial charge >= 0.3 is 0 Å². The molecule has 11 heteroatoms. The van der Waals surface area contributed by atoms with E-state index >= 15 is 0 Å². The van der Waals surface area contributed by atoms with Gasteiger partial charge in [0.05, 0.1) is 17.1 Å². The van der Waals surface area contributed by atoms with E-state index in [0.717, 1.165) is 18.1 Å². The summed E-state index contributed by atoms with van der Waals surface area (Å²) < 4.78 is 35.6. The molecule has 4 aromatic rings. The van der Waals surface area contributed by atoms with Crippen LogP contribution >= 0.6 is 11.6 Å². The van der Waals surface area contributed by atoms with Crippen molar-refractivity contribution >= 4 is 44.2 Å². The average Bonchev–Trinajstić information content (AvgIpc) is 3.22. The highest BCUT2D eigenvalue weighted by molar-refractivity contribution is 7.90. The maximum absolute atomic E-state index is 13.3. The third-order valence-corrected chi connectivity index (χ3v) is 7.27. The summed E-state index contributed by atoms with van der Waals surface area (Å²) >= 11 is 5.95. The maximum atomic E-state index is 13.3. The van der Waals surface area contributed by atoms with Crippen LogP contribution < -0.4 is 15.5 Å². The standard InChI is InChI=1S/C25H25ClN4O5S/c1-13-10-18(15(3)27-20-6-7-21(26)28-25(20)36(33,34)29-16(4)31)24-19(11-13)22(32)14(2)23(35-24)17-8-9-30(5)12-17/h6-12,15,27H,1-5H3,(H,29,31)/t15-/m1/s1. The number of carbonyl (C=O) groups is 1. The van der Waals surface area contributed by atoms with Crippen LogP contribution in [0.15, 0.2) is 57.0 Å². The molecule has 0 aliphatic rings. The summed E-state index contributed by atoms with van der Waals surface area (Å²) in [6.07, 6.45) is 3.73. The first-order valence-corrected chi connectivity index (χ1v) is 12.9. The average molecular weight is 529 g/mol. The van der Waals surface area contributed by atoms with E-state index in [1.807, 2.05) is 47.8 Å². The lowest BCUT2D eigenvalue weighted by atomic mass is 9.99. The molecule has 0 fully saturated rings. The van der Waals surface area contributed by atoms with Gasteiger partial charge in [0, 0.05) is 43.1 Å². The molecule has 0 bridgehead atoms. The summed E-state index contributed by atoms with van der Waals surface area (Å²) in [5.74, 6) is -0.293. The zero-order valence-corrected chi connectivity index (χ0v) is 21.9. The molecule has 1 atom stereocenters. The number of hydrogen-bond donors (Lipinski definition) is 2. The highest BCUT2D eigenvalue weighted by Gasteiger charge is 2.25. The Bertz CT molecular complexity index is 1670. The van der Waals surface area contributed by atoms with E-state index in [1.54, 1.807) is 19.9 Å². The zero-order valence-electron chi connectivity index (χ0n) is 20.3. The van der Waals surface area contributed by atoms with E-state index in [0.29, 0.717) is 27.9 Å². The summed E-state index contributed by atoms with van der Waals surface area (Å²) in [6, 6.07) is 7.90. The molecule has 1 amide bonds. The first kappa shape index (κ1) is 25.5. The van der Waals surface area contributed by atoms with Crippen molar-refractivity contribution in [3.8, 4) is 11.3 Å². The van der Waals surface area contributed by atoms with Crippen LogP contribution in [0.25, 0.3) is 22.3 Å². The molecule has 188 valence electrons. The Morgan fingerprint density at radius 3 is 2.56 bits per heavy atom. The number of aryl methyl sites for hydroxylation is 2. The Hall–Kier alpha value is -3.63. The van der Waals surface area contributed by atoms with E-state index in [9.17, 15) is 18.0 Å². The van der Waals surface area contributed by atoms with Crippen LogP contribution in [0.4, 0.5) is 5.69 Å². The highest BCUT2D eigenvalue weighted by atomic mass is 35.5. The highest BCUT2D eigenvalue weighted by Crippen LogP contribution is 2.33. The number of pyridine rings is 1. The van der Waals surface area contributed by atoms with Crippen molar-refractivity contribution in [1.29, 1.82) is 0 Å². The van der Waals surface area contributed by atoms with Crippen molar-refractivity contribution < 1.29 is 17.6 Å². The van der Waals surface area contributed by atoms with Crippen LogP contribution in [0, 0.1) is 13.8 Å². The molecule has 36 heavy (non-hydrogen) atoms. The van der Waals surface area contributed by atoms with E-state index in [2.05, 4.69) is 10.3 Å². The van der Waals surface area contributed by atoms with Gasteiger partial charge in [-0.3, -0.25) is 9.59 Å². The maximum Gasteiger partial charge on any atom is 0.283 e. The second kappa shape index (κ2) is 9.44. The summed E-state index contributed by atoms with van der Waals surface area (Å²) in [4.78, 5) is 28.7. The molecular weight excluding hydrogens is 504 g/mol. The van der Waals surface area contributed by atoms with Crippen LogP contribution in [0.5, 0.6) is 0 Å². The summed E-state index contributed by atoms with van der Waals surface area (Å²) in [5, 5.41) is 3.09. The summed E-state index contributed by atoms with van der Waals surface area (Å²) in [5.41, 5.74) is 3.14. The van der Waals surface area contributed by atoms with Crippen LogP contribution in [0.1, 0.15) is 36.6 Å². The van der Waals surface area contributed by atoms with Gasteiger partial charge in [-0.05, 0) is 50.6 Å². The molecule has 0 spiro atoms. The van der Waals surface area contributed by atoms with Gasteiger partial charge in [-0.1, -0.05) is 17.7 Å². The fourth-order valence-corrected chi connectivity index (χ4v) is 5.39. The number of rotatable bonds is 6. The van der Waals surface area contributed by atoms with Crippen molar-refractivity contribution in [3.63, 3.8) is 0 Å². The van der Waals surface area contributed by atoms with E-state index in [-0.39, 0.29) is 16.3 Å². The number of amides is 1. The minimum Gasteiger partial charge on any atom is -0.455 e. The van der Waals surface area contributed by atoms with Crippen LogP contribution in [-0.4, -0.2) is 23.9 Å². The normalized spacial score (nSPS) is 12.5. The van der Waals surface area contributed by atoms with Gasteiger partial charge in [0.25, 0.3) is 10.0 Å². The number of nitrogens with one attached hydrogen (secondary N) is 2. The molecule has 0 unspecified atom stereocenters. The van der Waals surface area contributed by atoms with Crippen molar-refractivity contribution in [2.75, 3.05) is 5.32 Å². The molecular formula is C25H25ClN4O5S. The predicted octanol–water partition coefficient (Wildman–Crippen LogP) is 4.46. The van der Waals surface area contributed by atoms with Gasteiger partial charge < -0.3 is 14.3 Å². The van der Waals surface area contributed by atoms with Crippen LogP contribution in [-0.2, 0) is 21.9 Å². The Morgan fingerprint density at radius 1 is 1.19 bits per heavy atom. The minimum absolute atomic E-state index is 0.0490. The Kier molecular flexibility index (Phi) is 6.68. The number of benzene rings is 1. The number of fused-ring (bicyclic) bond motifs is 1. The van der Waals surface area contributed by atoms with Crippen molar-refractivity contribution in [2.45, 2.75) is 38.8 Å². The van der Waals surface area contributed by atoms with E-state index in [4.69, 9.17) is 16.0 Å². The molecule has 0 aliphatic heterocycles. The lowest BCUT2D eigenvalue weighted by molar-refractivity contribution is -0.117. The topological polar surface area (TPSA) is 123 Å². The number of nitrogens with zero attached hydrogens (tertiary/aromatic N) is 2. The number of aromatic nitrogens is 2. The van der Waals surface area contributed by atoms with Crippen molar-refractivity contribution in [2.24, 2.45) is 7.05 Å². The lowest BCUT2D eigenvalue weighted by Crippen LogP contribution is -2.29. The quantitative estimate of drug-likeness (QED) is 0.354. The summed E-state index contributed by atoms with van der Waals surface area (Å²) in [7, 11) is -2.40. The molecule has 0 radical (unpaired) electrons. The van der Waals surface area contributed by atoms with Gasteiger partial charge in [-0.15, -0.1) is 0 Å². The number of carbonyl (C=O) groups excluding carboxylic acids is 1. The summed E-state index contributed by atoms with van der Waals surface area (Å²) in [6.45, 7) is 6.49. The zero-order chi connectivity index (χ0) is 26.4. The molecule has 3 aromatic heterocycles. The molecule has 0 saturated heterocycles. The Morgan fingerprint density at radius 2 is 1.92 bits per heavy atom. The number of sulfonamides is 1. The monoisotopic (exact) mass is 528 g/mol. The second-order valence-corrected chi connectivity index (χ2v) is 10.7. The van der Waals surface area contributed by atoms with E-state index in [1.165, 1.54) is 12.1 Å². The van der Waals surface area contributed by atoms with Gasteiger partial charge in [-0.25, -0.2) is 9.71 Å². The third kappa shape index (κ3) is 4.87. The first-order chi connectivity index (χ1) is 16.9. The minimum atomic E-state index is -4.28. The molecule has 2 N–H and O–H groups in total. The Labute approximate surface area is 213 Å². The molecule has 0 saturated carbocycles. The number of anilines is 1. The molecule has 1 aromatic carbocycles. The van der Waals surface area contributed by atoms with Gasteiger partial charge in [0.15, 0.2) is 5.43 Å². The molecule has 3 heterocycles. The van der Waals surface area contributed by atoms with Crippen LogP contribution in [0.3, 0.4) is 0 Å². The second-order valence-electron chi connectivity index (χ2n) is 8.70. The fourth-order valence-electron chi connectivity index (χ4n) is 4.08.